The maximum absolute atomic E-state index is 13.8. The molecule has 1 saturated heterocycles. The Balaban J connectivity index is 2.13. The zero-order valence-electron chi connectivity index (χ0n) is 27.9. The van der Waals surface area contributed by atoms with Gasteiger partial charge in [0.15, 0.2) is 0 Å². The monoisotopic (exact) mass is 603 g/mol. The molecule has 0 spiro atoms. The summed E-state index contributed by atoms with van der Waals surface area (Å²) in [5.41, 5.74) is 0.733. The molecular formula is C34H57N3O6. The summed E-state index contributed by atoms with van der Waals surface area (Å²) in [6.07, 6.45) is 1.43. The highest BCUT2D eigenvalue weighted by Crippen LogP contribution is 2.29. The Hall–Kier alpha value is -2.33. The van der Waals surface area contributed by atoms with Crippen molar-refractivity contribution in [1.82, 2.24) is 15.1 Å². The number of hydrogen-bond donors (Lipinski definition) is 2. The molecule has 1 fully saturated rings. The lowest BCUT2D eigenvalue weighted by Gasteiger charge is -2.39. The third-order valence-corrected chi connectivity index (χ3v) is 9.02. The normalized spacial score (nSPS) is 20.4. The van der Waals surface area contributed by atoms with Crippen LogP contribution in [0.15, 0.2) is 30.3 Å². The van der Waals surface area contributed by atoms with Gasteiger partial charge in [-0.05, 0) is 44.2 Å². The topological polar surface area (TPSA) is 108 Å². The van der Waals surface area contributed by atoms with Crippen molar-refractivity contribution in [3.8, 4) is 0 Å². The van der Waals surface area contributed by atoms with Gasteiger partial charge in [-0.25, -0.2) is 0 Å². The molecule has 0 unspecified atom stereocenters. The zero-order chi connectivity index (χ0) is 32.3. The van der Waals surface area contributed by atoms with Gasteiger partial charge in [0.1, 0.15) is 5.78 Å². The SMILES string of the molecule is CC[C@H](C)[C@@H]([C@@H](CC(=O)N1CCC[C@H]1[C@H](OC)[C@@H](C)C(=O)N[C@H](C)[C@@H](O)c1ccccc1)OC)N(C)CC(=O)CC(C)C. The highest BCUT2D eigenvalue weighted by molar-refractivity contribution is 5.81. The van der Waals surface area contributed by atoms with Crippen LogP contribution in [0.4, 0.5) is 0 Å². The summed E-state index contributed by atoms with van der Waals surface area (Å²) < 4.78 is 11.8. The quantitative estimate of drug-likeness (QED) is 0.259. The number of aliphatic hydroxyl groups is 1. The molecule has 0 aliphatic carbocycles. The summed E-state index contributed by atoms with van der Waals surface area (Å²) in [6.45, 7) is 12.8. The largest absolute Gasteiger partial charge is 0.386 e. The van der Waals surface area contributed by atoms with Crippen LogP contribution in [0, 0.1) is 17.8 Å². The second-order valence-electron chi connectivity index (χ2n) is 12.8. The Bertz CT molecular complexity index is 1010. The third-order valence-electron chi connectivity index (χ3n) is 9.02. The lowest BCUT2D eigenvalue weighted by Crippen LogP contribution is -2.53. The fraction of sp³-hybridized carbons (Fsp3) is 0.735. The van der Waals surface area contributed by atoms with Gasteiger partial charge in [-0.3, -0.25) is 19.3 Å². The lowest BCUT2D eigenvalue weighted by molar-refractivity contribution is -0.143. The Morgan fingerprint density at radius 2 is 1.70 bits per heavy atom. The predicted octanol–water partition coefficient (Wildman–Crippen LogP) is 4.23. The van der Waals surface area contributed by atoms with Crippen LogP contribution in [0.3, 0.4) is 0 Å². The van der Waals surface area contributed by atoms with E-state index < -0.39 is 24.2 Å². The molecule has 1 aliphatic heterocycles. The Morgan fingerprint density at radius 1 is 1.05 bits per heavy atom. The predicted molar refractivity (Wildman–Crippen MR) is 169 cm³/mol. The Morgan fingerprint density at radius 3 is 2.26 bits per heavy atom. The van der Waals surface area contributed by atoms with E-state index in [4.69, 9.17) is 9.47 Å². The molecule has 9 nitrogen and oxygen atoms in total. The van der Waals surface area contributed by atoms with Gasteiger partial charge in [0.2, 0.25) is 11.8 Å². The van der Waals surface area contributed by atoms with E-state index >= 15 is 0 Å². The average molecular weight is 604 g/mol. The van der Waals surface area contributed by atoms with E-state index in [2.05, 4.69) is 24.1 Å². The molecule has 0 radical (unpaired) electrons. The lowest BCUT2D eigenvalue weighted by atomic mass is 9.90. The van der Waals surface area contributed by atoms with E-state index in [1.54, 1.807) is 21.1 Å². The minimum Gasteiger partial charge on any atom is -0.386 e. The van der Waals surface area contributed by atoms with Gasteiger partial charge < -0.3 is 24.8 Å². The highest BCUT2D eigenvalue weighted by Gasteiger charge is 2.42. The van der Waals surface area contributed by atoms with Crippen molar-refractivity contribution in [2.24, 2.45) is 17.8 Å². The van der Waals surface area contributed by atoms with E-state index in [1.807, 2.05) is 63.1 Å². The molecule has 9 heteroatoms. The minimum atomic E-state index is -0.842. The summed E-state index contributed by atoms with van der Waals surface area (Å²) in [7, 11) is 5.16. The smallest absolute Gasteiger partial charge is 0.225 e. The molecule has 43 heavy (non-hydrogen) atoms. The van der Waals surface area contributed by atoms with Crippen LogP contribution in [0.25, 0.3) is 0 Å². The molecule has 1 aromatic carbocycles. The van der Waals surface area contributed by atoms with Crippen LogP contribution in [0.1, 0.15) is 85.3 Å². The van der Waals surface area contributed by atoms with E-state index in [-0.39, 0.29) is 48.1 Å². The van der Waals surface area contributed by atoms with Gasteiger partial charge in [0.05, 0.1) is 49.3 Å². The zero-order valence-corrected chi connectivity index (χ0v) is 27.9. The molecule has 2 N–H and O–H groups in total. The average Bonchev–Trinajstić information content (AvgIpc) is 3.46. The summed E-state index contributed by atoms with van der Waals surface area (Å²) in [5, 5.41) is 13.7. The number of rotatable bonds is 18. The summed E-state index contributed by atoms with van der Waals surface area (Å²) >= 11 is 0. The minimum absolute atomic E-state index is 0.0351. The molecule has 0 aromatic heterocycles. The van der Waals surface area contributed by atoms with Crippen LogP contribution in [-0.2, 0) is 23.9 Å². The number of nitrogens with one attached hydrogen (secondary N) is 1. The maximum Gasteiger partial charge on any atom is 0.225 e. The highest BCUT2D eigenvalue weighted by atomic mass is 16.5. The molecular weight excluding hydrogens is 546 g/mol. The van der Waals surface area contributed by atoms with Crippen LogP contribution in [-0.4, -0.2) is 97.2 Å². The van der Waals surface area contributed by atoms with Gasteiger partial charge >= 0.3 is 0 Å². The third kappa shape index (κ3) is 10.4. The van der Waals surface area contributed by atoms with Crippen molar-refractivity contribution in [3.05, 3.63) is 35.9 Å². The Kier molecular flexibility index (Phi) is 15.3. The van der Waals surface area contributed by atoms with Gasteiger partial charge in [-0.1, -0.05) is 71.4 Å². The van der Waals surface area contributed by atoms with Crippen molar-refractivity contribution in [3.63, 3.8) is 0 Å². The van der Waals surface area contributed by atoms with E-state index in [0.29, 0.717) is 25.4 Å². The van der Waals surface area contributed by atoms with Gasteiger partial charge in [-0.15, -0.1) is 0 Å². The first-order chi connectivity index (χ1) is 20.4. The molecule has 2 amide bonds. The molecule has 0 saturated carbocycles. The van der Waals surface area contributed by atoms with Gasteiger partial charge in [0, 0.05) is 33.2 Å². The van der Waals surface area contributed by atoms with Gasteiger partial charge in [-0.2, -0.15) is 0 Å². The fourth-order valence-electron chi connectivity index (χ4n) is 6.52. The van der Waals surface area contributed by atoms with Crippen LogP contribution in [0.2, 0.25) is 0 Å². The maximum atomic E-state index is 13.8. The molecule has 8 atom stereocenters. The molecule has 0 bridgehead atoms. The second kappa shape index (κ2) is 17.8. The standard InChI is InChI=1S/C34H57N3O6/c1-10-23(4)31(36(7)21-27(38)19-22(2)3)29(42-8)20-30(39)37-18-14-17-28(37)33(43-9)24(5)34(41)35-25(6)32(40)26-15-12-11-13-16-26/h11-13,15-16,22-25,28-29,31-33,40H,10,14,17-21H2,1-9H3,(H,35,41)/t23-,24+,25+,28-,29+,31-,32+,33+/m0/s1. The number of ketones is 1. The number of carbonyl (C=O) groups is 3. The first-order valence-electron chi connectivity index (χ1n) is 16.0. The first kappa shape index (κ1) is 36.9. The summed E-state index contributed by atoms with van der Waals surface area (Å²) in [6, 6.07) is 8.40. The van der Waals surface area contributed by atoms with E-state index in [1.165, 1.54) is 0 Å². The van der Waals surface area contributed by atoms with Crippen molar-refractivity contribution in [1.29, 1.82) is 0 Å². The first-order valence-corrected chi connectivity index (χ1v) is 16.0. The summed E-state index contributed by atoms with van der Waals surface area (Å²) in [5.74, 6) is -0.108. The number of likely N-dealkylation sites (N-methyl/N-ethyl adjacent to an activating group) is 1. The number of ether oxygens (including phenoxy) is 2. The van der Waals surface area contributed by atoms with E-state index in [9.17, 15) is 19.5 Å². The van der Waals surface area contributed by atoms with Crippen molar-refractivity contribution >= 4 is 17.6 Å². The van der Waals surface area contributed by atoms with Crippen LogP contribution in [0.5, 0.6) is 0 Å². The number of carbonyl (C=O) groups excluding carboxylic acids is 3. The van der Waals surface area contributed by atoms with E-state index in [0.717, 1.165) is 24.8 Å². The molecule has 1 heterocycles. The van der Waals surface area contributed by atoms with Gasteiger partial charge in [0.25, 0.3) is 0 Å². The number of nitrogens with zero attached hydrogens (tertiary/aromatic N) is 2. The molecule has 1 aliphatic rings. The number of amides is 2. The molecule has 244 valence electrons. The fourth-order valence-corrected chi connectivity index (χ4v) is 6.52. The van der Waals surface area contributed by atoms with Crippen molar-refractivity contribution in [2.45, 2.75) is 110 Å². The van der Waals surface area contributed by atoms with Crippen molar-refractivity contribution in [2.75, 3.05) is 34.4 Å². The second-order valence-corrected chi connectivity index (χ2v) is 12.8. The summed E-state index contributed by atoms with van der Waals surface area (Å²) in [4.78, 5) is 43.7. The Labute approximate surface area is 259 Å². The molecule has 2 rings (SSSR count). The van der Waals surface area contributed by atoms with Crippen LogP contribution >= 0.6 is 0 Å². The molecule has 1 aromatic rings. The number of benzene rings is 1. The number of aliphatic hydroxyl groups excluding tert-OH is 1. The number of Topliss-reactive ketones (excluding diaryl/α,β-unsaturated/α-hetero) is 1. The van der Waals surface area contributed by atoms with Crippen LogP contribution < -0.4 is 5.32 Å². The van der Waals surface area contributed by atoms with Crippen molar-refractivity contribution < 1.29 is 29.0 Å². The number of likely N-dealkylation sites (tertiary alicyclic amines) is 1. The number of hydrogen-bond acceptors (Lipinski definition) is 7. The number of methoxy groups -OCH3 is 2.